The lowest BCUT2D eigenvalue weighted by molar-refractivity contribution is 0.252. The van der Waals surface area contributed by atoms with E-state index in [1.54, 1.807) is 0 Å². The molecule has 12 heavy (non-hydrogen) atoms. The number of thioether (sulfide) groups is 1. The van der Waals surface area contributed by atoms with E-state index in [9.17, 15) is 0 Å². The lowest BCUT2D eigenvalue weighted by Gasteiger charge is -2.35. The van der Waals surface area contributed by atoms with E-state index in [1.807, 2.05) is 11.8 Å². The minimum Gasteiger partial charge on any atom is -0.396 e. The van der Waals surface area contributed by atoms with Gasteiger partial charge in [0.2, 0.25) is 0 Å². The van der Waals surface area contributed by atoms with Crippen LogP contribution in [0.2, 0.25) is 0 Å². The molecule has 1 heterocycles. The first kappa shape index (κ1) is 6.98. The Morgan fingerprint density at radius 3 is 3.08 bits per heavy atom. The van der Waals surface area contributed by atoms with Crippen LogP contribution in [0.25, 0.3) is 0 Å². The fourth-order valence-electron chi connectivity index (χ4n) is 2.04. The van der Waals surface area contributed by atoms with E-state index in [2.05, 4.69) is 12.1 Å². The second kappa shape index (κ2) is 2.27. The Balaban J connectivity index is 2.10. The van der Waals surface area contributed by atoms with Crippen molar-refractivity contribution in [3.8, 4) is 0 Å². The minimum absolute atomic E-state index is 0.316. The molecule has 0 radical (unpaired) electrons. The summed E-state index contributed by atoms with van der Waals surface area (Å²) in [7, 11) is 0. The topological polar surface area (TPSA) is 20.2 Å². The van der Waals surface area contributed by atoms with Crippen molar-refractivity contribution in [1.29, 1.82) is 0 Å². The summed E-state index contributed by atoms with van der Waals surface area (Å²) in [6.45, 7) is 0.316. The quantitative estimate of drug-likeness (QED) is 0.709. The van der Waals surface area contributed by atoms with Gasteiger partial charge in [-0.1, -0.05) is 12.1 Å². The van der Waals surface area contributed by atoms with Crippen LogP contribution in [0.1, 0.15) is 22.6 Å². The average molecular weight is 178 g/mol. The van der Waals surface area contributed by atoms with Gasteiger partial charge >= 0.3 is 0 Å². The molecule has 62 valence electrons. The van der Waals surface area contributed by atoms with Crippen molar-refractivity contribution in [3.63, 3.8) is 0 Å². The third-order valence-electron chi connectivity index (χ3n) is 2.86. The molecule has 1 N–H and O–H groups in total. The summed E-state index contributed by atoms with van der Waals surface area (Å²) in [6.07, 6.45) is 1.10. The van der Waals surface area contributed by atoms with Gasteiger partial charge in [0.15, 0.2) is 0 Å². The summed E-state index contributed by atoms with van der Waals surface area (Å²) in [5.74, 6) is 1.62. The zero-order valence-electron chi connectivity index (χ0n) is 6.71. The number of benzene rings is 1. The Hall–Kier alpha value is -0.470. The maximum absolute atomic E-state index is 9.00. The van der Waals surface area contributed by atoms with Gasteiger partial charge in [0.1, 0.15) is 0 Å². The van der Waals surface area contributed by atoms with Crippen LogP contribution in [0.4, 0.5) is 0 Å². The molecule has 0 spiro atoms. The van der Waals surface area contributed by atoms with E-state index in [0.717, 1.165) is 6.42 Å². The Morgan fingerprint density at radius 1 is 1.50 bits per heavy atom. The van der Waals surface area contributed by atoms with E-state index >= 15 is 0 Å². The summed E-state index contributed by atoms with van der Waals surface area (Å²) < 4.78 is 0. The molecular weight excluding hydrogens is 168 g/mol. The predicted molar refractivity (Wildman–Crippen MR) is 49.5 cm³/mol. The van der Waals surface area contributed by atoms with E-state index in [0.29, 0.717) is 12.5 Å². The highest BCUT2D eigenvalue weighted by atomic mass is 32.2. The molecular formula is C10H10OS. The second-order valence-corrected chi connectivity index (χ2v) is 4.48. The Labute approximate surface area is 75.8 Å². The molecule has 0 fully saturated rings. The van der Waals surface area contributed by atoms with Crippen LogP contribution < -0.4 is 0 Å². The molecule has 3 rings (SSSR count). The highest BCUT2D eigenvalue weighted by Gasteiger charge is 2.31. The monoisotopic (exact) mass is 178 g/mol. The summed E-state index contributed by atoms with van der Waals surface area (Å²) in [5, 5.41) is 9.00. The van der Waals surface area contributed by atoms with Gasteiger partial charge < -0.3 is 5.11 Å². The number of hydrogen-bond acceptors (Lipinski definition) is 2. The summed E-state index contributed by atoms with van der Waals surface area (Å²) in [4.78, 5) is 1.51. The maximum atomic E-state index is 9.00. The first-order chi connectivity index (χ1) is 5.90. The molecule has 1 aromatic carbocycles. The summed E-state index contributed by atoms with van der Waals surface area (Å²) in [6, 6.07) is 4.41. The van der Waals surface area contributed by atoms with Gasteiger partial charge in [0.25, 0.3) is 0 Å². The lowest BCUT2D eigenvalue weighted by Crippen LogP contribution is -2.23. The fourth-order valence-corrected chi connectivity index (χ4v) is 3.03. The molecule has 1 atom stereocenters. The molecule has 0 saturated heterocycles. The Morgan fingerprint density at radius 2 is 2.42 bits per heavy atom. The van der Waals surface area contributed by atoms with E-state index in [4.69, 9.17) is 5.11 Å². The molecule has 0 saturated carbocycles. The van der Waals surface area contributed by atoms with Crippen LogP contribution in [-0.2, 0) is 12.2 Å². The van der Waals surface area contributed by atoms with Crippen molar-refractivity contribution in [2.45, 2.75) is 23.0 Å². The van der Waals surface area contributed by atoms with E-state index < -0.39 is 0 Å². The second-order valence-electron chi connectivity index (χ2n) is 3.49. The van der Waals surface area contributed by atoms with Crippen LogP contribution in [0, 0.1) is 0 Å². The van der Waals surface area contributed by atoms with E-state index in [-0.39, 0.29) is 0 Å². The molecule has 1 nitrogen and oxygen atoms in total. The van der Waals surface area contributed by atoms with Crippen LogP contribution in [0.5, 0.6) is 0 Å². The molecule has 0 bridgehead atoms. The Kier molecular flexibility index (Phi) is 1.32. The first-order valence-electron chi connectivity index (χ1n) is 4.28. The number of hydrogen-bond donors (Lipinski definition) is 1. The summed E-state index contributed by atoms with van der Waals surface area (Å²) in [5.41, 5.74) is 4.42. The zero-order chi connectivity index (χ0) is 8.13. The van der Waals surface area contributed by atoms with E-state index in [1.165, 1.54) is 27.3 Å². The predicted octanol–water partition coefficient (Wildman–Crippen LogP) is 1.92. The van der Waals surface area contributed by atoms with Gasteiger partial charge in [-0.05, 0) is 23.1 Å². The van der Waals surface area contributed by atoms with Crippen molar-refractivity contribution in [1.82, 2.24) is 0 Å². The van der Waals surface area contributed by atoms with Gasteiger partial charge in [0, 0.05) is 16.6 Å². The SMILES string of the molecule is OCC1Cc2c1ccc1c2SC1. The largest absolute Gasteiger partial charge is 0.396 e. The van der Waals surface area contributed by atoms with Crippen LogP contribution in [0.15, 0.2) is 17.0 Å². The van der Waals surface area contributed by atoms with Crippen molar-refractivity contribution >= 4 is 11.8 Å². The van der Waals surface area contributed by atoms with Gasteiger partial charge in [-0.15, -0.1) is 11.8 Å². The number of aliphatic hydroxyl groups excluding tert-OH is 1. The van der Waals surface area contributed by atoms with Crippen LogP contribution in [-0.4, -0.2) is 11.7 Å². The highest BCUT2D eigenvalue weighted by molar-refractivity contribution is 8.00. The third-order valence-corrected chi connectivity index (χ3v) is 4.11. The van der Waals surface area contributed by atoms with Crippen molar-refractivity contribution in [2.24, 2.45) is 0 Å². The van der Waals surface area contributed by atoms with Crippen molar-refractivity contribution in [3.05, 3.63) is 28.8 Å². The van der Waals surface area contributed by atoms with Crippen molar-refractivity contribution < 1.29 is 5.11 Å². The van der Waals surface area contributed by atoms with Crippen LogP contribution in [0.3, 0.4) is 0 Å². The van der Waals surface area contributed by atoms with Gasteiger partial charge in [-0.3, -0.25) is 0 Å². The van der Waals surface area contributed by atoms with Gasteiger partial charge in [-0.25, -0.2) is 0 Å². The molecule has 0 aromatic heterocycles. The standard InChI is InChI=1S/C10H10OS/c11-4-7-3-9-8(7)2-1-6-5-12-10(6)9/h1-2,7,11H,3-5H2. The van der Waals surface area contributed by atoms with Gasteiger partial charge in [-0.2, -0.15) is 0 Å². The third kappa shape index (κ3) is 0.697. The molecule has 1 aliphatic carbocycles. The minimum atomic E-state index is 0.316. The number of rotatable bonds is 1. The normalized spacial score (nSPS) is 23.6. The smallest absolute Gasteiger partial charge is 0.0503 e. The first-order valence-corrected chi connectivity index (χ1v) is 5.27. The van der Waals surface area contributed by atoms with Crippen molar-refractivity contribution in [2.75, 3.05) is 6.61 Å². The lowest BCUT2D eigenvalue weighted by atomic mass is 9.77. The van der Waals surface area contributed by atoms with Gasteiger partial charge in [0.05, 0.1) is 6.61 Å². The molecule has 2 aliphatic rings. The molecule has 1 aromatic rings. The number of aliphatic hydroxyl groups is 1. The summed E-state index contributed by atoms with van der Waals surface area (Å²) >= 11 is 1.95. The average Bonchev–Trinajstić information content (AvgIpc) is 2.00. The highest BCUT2D eigenvalue weighted by Crippen LogP contribution is 2.48. The Bertz CT molecular complexity index is 346. The van der Waals surface area contributed by atoms with Crippen LogP contribution >= 0.6 is 11.8 Å². The molecule has 2 heteroatoms. The molecule has 1 unspecified atom stereocenters. The maximum Gasteiger partial charge on any atom is 0.0503 e. The zero-order valence-corrected chi connectivity index (χ0v) is 7.53. The molecule has 1 aliphatic heterocycles. The molecule has 0 amide bonds. The fraction of sp³-hybridized carbons (Fsp3) is 0.400. The number of fused-ring (bicyclic) bond motifs is 3.